The molecule has 210 valence electrons. The summed E-state index contributed by atoms with van der Waals surface area (Å²) in [4.78, 5) is 43.3. The third-order valence-electron chi connectivity index (χ3n) is 7.52. The van der Waals surface area contributed by atoms with Gasteiger partial charge >= 0.3 is 5.97 Å². The van der Waals surface area contributed by atoms with Crippen LogP contribution in [0.5, 0.6) is 0 Å². The summed E-state index contributed by atoms with van der Waals surface area (Å²) in [5, 5.41) is 12.2. The van der Waals surface area contributed by atoms with Crippen LogP contribution in [0, 0.1) is 5.92 Å². The zero-order chi connectivity index (χ0) is 27.1. The molecule has 1 fully saturated rings. The van der Waals surface area contributed by atoms with E-state index in [9.17, 15) is 19.5 Å². The van der Waals surface area contributed by atoms with E-state index < -0.39 is 11.9 Å². The summed E-state index contributed by atoms with van der Waals surface area (Å²) in [5.74, 6) is -1.61. The highest BCUT2D eigenvalue weighted by atomic mass is 16.4. The molecule has 1 aliphatic heterocycles. The zero-order valence-electron chi connectivity index (χ0n) is 22.1. The Morgan fingerprint density at radius 2 is 1.87 bits per heavy atom. The van der Waals surface area contributed by atoms with Gasteiger partial charge in [0.05, 0.1) is 18.4 Å². The minimum atomic E-state index is -0.960. The Hall–Kier alpha value is -3.92. The number of aryl methyl sites for hydroxylation is 2. The number of amides is 2. The normalized spacial score (nSPS) is 20.1. The van der Waals surface area contributed by atoms with Crippen molar-refractivity contribution in [2.75, 3.05) is 13.1 Å². The Kier molecular flexibility index (Phi) is 10.4. The number of carbonyl (C=O) groups is 3. The van der Waals surface area contributed by atoms with Gasteiger partial charge in [0.15, 0.2) is 5.96 Å². The maximum Gasteiger partial charge on any atom is 0.304 e. The van der Waals surface area contributed by atoms with E-state index in [2.05, 4.69) is 22.4 Å². The van der Waals surface area contributed by atoms with Gasteiger partial charge in [-0.15, -0.1) is 0 Å². The van der Waals surface area contributed by atoms with E-state index >= 15 is 0 Å². The van der Waals surface area contributed by atoms with E-state index in [0.29, 0.717) is 31.5 Å². The highest BCUT2D eigenvalue weighted by molar-refractivity contribution is 5.94. The molecule has 1 heterocycles. The number of carbonyl (C=O) groups excluding carboxylic acids is 2. The molecule has 2 aromatic rings. The summed E-state index contributed by atoms with van der Waals surface area (Å²) in [5.41, 5.74) is 15.2. The molecule has 1 unspecified atom stereocenters. The van der Waals surface area contributed by atoms with Gasteiger partial charge in [0.25, 0.3) is 5.91 Å². The van der Waals surface area contributed by atoms with Crippen LogP contribution >= 0.6 is 0 Å². The third kappa shape index (κ3) is 8.03. The summed E-state index contributed by atoms with van der Waals surface area (Å²) < 4.78 is 0. The van der Waals surface area contributed by atoms with Crippen molar-refractivity contribution in [1.82, 2.24) is 10.2 Å². The van der Waals surface area contributed by atoms with Gasteiger partial charge in [-0.1, -0.05) is 36.4 Å². The quantitative estimate of drug-likeness (QED) is 0.248. The third-order valence-corrected chi connectivity index (χ3v) is 7.52. The number of hydrogen-bond acceptors (Lipinski definition) is 4. The number of likely N-dealkylation sites (tertiary alicyclic amines) is 1. The molecule has 2 aromatic carbocycles. The van der Waals surface area contributed by atoms with Gasteiger partial charge in [-0.25, -0.2) is 4.99 Å². The lowest BCUT2D eigenvalue weighted by Gasteiger charge is -2.25. The number of nitrogens with one attached hydrogen (secondary N) is 1. The molecular weight excluding hydrogens is 498 g/mol. The molecule has 1 aliphatic carbocycles. The van der Waals surface area contributed by atoms with E-state index in [1.807, 2.05) is 41.3 Å². The van der Waals surface area contributed by atoms with Crippen molar-refractivity contribution in [2.45, 2.75) is 63.5 Å². The number of nitrogens with two attached hydrogens (primary N) is 2. The van der Waals surface area contributed by atoms with E-state index in [1.54, 1.807) is 0 Å². The van der Waals surface area contributed by atoms with E-state index in [0.717, 1.165) is 43.2 Å². The lowest BCUT2D eigenvalue weighted by atomic mass is 9.87. The van der Waals surface area contributed by atoms with E-state index in [-0.39, 0.29) is 41.8 Å². The summed E-state index contributed by atoms with van der Waals surface area (Å²) in [6.45, 7) is 0.990. The number of aliphatic carboxylic acids is 1. The summed E-state index contributed by atoms with van der Waals surface area (Å²) in [7, 11) is 0. The summed E-state index contributed by atoms with van der Waals surface area (Å²) in [6.07, 6.45) is 4.99. The topological polar surface area (TPSA) is 183 Å². The average Bonchev–Trinajstić information content (AvgIpc) is 3.17. The van der Waals surface area contributed by atoms with Gasteiger partial charge in [-0.05, 0) is 73.8 Å². The highest BCUT2D eigenvalue weighted by Crippen LogP contribution is 2.30. The number of aliphatic imine (C=N–C) groups is 1. The Bertz CT molecular complexity index is 1180. The van der Waals surface area contributed by atoms with Crippen molar-refractivity contribution < 1.29 is 25.0 Å². The minimum absolute atomic E-state index is 0. The fourth-order valence-electron chi connectivity index (χ4n) is 5.67. The minimum Gasteiger partial charge on any atom is -0.481 e. The van der Waals surface area contributed by atoms with Crippen molar-refractivity contribution in [3.05, 3.63) is 70.8 Å². The van der Waals surface area contributed by atoms with Gasteiger partial charge in [0, 0.05) is 24.7 Å². The summed E-state index contributed by atoms with van der Waals surface area (Å²) >= 11 is 0. The number of nitrogens with zero attached hydrogens (tertiary/aromatic N) is 2. The molecule has 10 nitrogen and oxygen atoms in total. The fourth-order valence-corrected chi connectivity index (χ4v) is 5.67. The van der Waals surface area contributed by atoms with Gasteiger partial charge in [-0.2, -0.15) is 0 Å². The molecular formula is C29H39N5O5. The Labute approximate surface area is 228 Å². The molecule has 0 radical (unpaired) electrons. The molecule has 10 heteroatoms. The van der Waals surface area contributed by atoms with Gasteiger partial charge < -0.3 is 32.3 Å². The highest BCUT2D eigenvalue weighted by Gasteiger charge is 2.39. The van der Waals surface area contributed by atoms with Crippen LogP contribution in [-0.2, 0) is 28.9 Å². The van der Waals surface area contributed by atoms with Crippen LogP contribution in [-0.4, -0.2) is 64.4 Å². The molecule has 0 spiro atoms. The van der Waals surface area contributed by atoms with Crippen LogP contribution in [0.3, 0.4) is 0 Å². The van der Waals surface area contributed by atoms with Crippen LogP contribution in [0.15, 0.2) is 53.5 Å². The lowest BCUT2D eigenvalue weighted by molar-refractivity contribution is -0.142. The smallest absolute Gasteiger partial charge is 0.304 e. The van der Waals surface area contributed by atoms with Crippen molar-refractivity contribution >= 4 is 23.7 Å². The number of rotatable bonds is 11. The van der Waals surface area contributed by atoms with Crippen molar-refractivity contribution in [2.24, 2.45) is 22.4 Å². The van der Waals surface area contributed by atoms with Crippen LogP contribution < -0.4 is 16.8 Å². The van der Waals surface area contributed by atoms with Crippen molar-refractivity contribution in [3.63, 3.8) is 0 Å². The average molecular weight is 538 g/mol. The first-order chi connectivity index (χ1) is 18.3. The second-order valence-corrected chi connectivity index (χ2v) is 10.3. The number of fused-ring (bicyclic) bond motifs is 1. The van der Waals surface area contributed by atoms with Crippen LogP contribution in [0.25, 0.3) is 0 Å². The zero-order valence-corrected chi connectivity index (χ0v) is 22.1. The molecule has 2 aliphatic rings. The predicted octanol–water partition coefficient (Wildman–Crippen LogP) is 1.44. The molecule has 0 bridgehead atoms. The largest absolute Gasteiger partial charge is 0.481 e. The Morgan fingerprint density at radius 1 is 1.10 bits per heavy atom. The first-order valence-electron chi connectivity index (χ1n) is 13.3. The Balaban J connectivity index is 0.00000420. The molecule has 0 saturated carbocycles. The first-order valence-corrected chi connectivity index (χ1v) is 13.3. The Morgan fingerprint density at radius 3 is 2.59 bits per heavy atom. The van der Waals surface area contributed by atoms with Crippen LogP contribution in [0.2, 0.25) is 0 Å². The van der Waals surface area contributed by atoms with E-state index in [4.69, 9.17) is 11.5 Å². The fraction of sp³-hybridized carbons (Fsp3) is 0.448. The first kappa shape index (κ1) is 29.6. The maximum atomic E-state index is 13.0. The van der Waals surface area contributed by atoms with Gasteiger partial charge in [0.1, 0.15) is 0 Å². The maximum absolute atomic E-state index is 13.0. The number of hydrogen-bond donors (Lipinski definition) is 4. The molecule has 2 amide bonds. The molecule has 1 saturated heterocycles. The van der Waals surface area contributed by atoms with E-state index in [1.165, 1.54) is 5.56 Å². The second-order valence-electron chi connectivity index (χ2n) is 10.3. The van der Waals surface area contributed by atoms with Crippen molar-refractivity contribution in [3.8, 4) is 0 Å². The molecule has 3 atom stereocenters. The number of carboxylic acid groups (broad SMARTS) is 1. The number of carboxylic acids is 1. The second kappa shape index (κ2) is 13.7. The van der Waals surface area contributed by atoms with Gasteiger partial charge in [-0.3, -0.25) is 14.4 Å². The van der Waals surface area contributed by atoms with Crippen molar-refractivity contribution in [1.29, 1.82) is 0 Å². The molecule has 39 heavy (non-hydrogen) atoms. The van der Waals surface area contributed by atoms with Crippen LogP contribution in [0.1, 0.15) is 59.2 Å². The lowest BCUT2D eigenvalue weighted by Crippen LogP contribution is -2.37. The SMILES string of the molecule is NC(N)=NC1CCc2cc(C(=O)NCC[C@@H]3C[C@@H](CC(=O)O)C(=O)N3CCCc3ccccc3)ccc2C1.O. The van der Waals surface area contributed by atoms with Crippen LogP contribution in [0.4, 0.5) is 0 Å². The van der Waals surface area contributed by atoms with Gasteiger partial charge in [0.2, 0.25) is 5.91 Å². The molecule has 0 aromatic heterocycles. The number of benzene rings is 2. The monoisotopic (exact) mass is 537 g/mol. The molecule has 4 rings (SSSR count). The summed E-state index contributed by atoms with van der Waals surface area (Å²) in [6, 6.07) is 15.8. The molecule has 8 N–H and O–H groups in total. The number of guanidine groups is 1. The standard InChI is InChI=1S/C29H37N5O4.H2O/c30-29(31)33-24-11-10-20-15-22(9-8-21(20)16-24)27(37)32-13-12-25-17-23(18-26(35)36)28(38)34(25)14-4-7-19-5-2-1-3-6-19;/h1-3,5-6,8-9,15,23-25H,4,7,10-14,16-18H2,(H,32,37)(H,35,36)(H4,30,31,33);1H2/t23-,24?,25+;/m0./s1. The predicted molar refractivity (Wildman–Crippen MR) is 149 cm³/mol.